The van der Waals surface area contributed by atoms with Crippen LogP contribution in [0.4, 0.5) is 5.82 Å². The molecular weight excluding hydrogens is 366 g/mol. The number of ether oxygens (including phenoxy) is 4. The predicted molar refractivity (Wildman–Crippen MR) is 95.8 cm³/mol. The summed E-state index contributed by atoms with van der Waals surface area (Å²) in [6, 6.07) is 0. The normalized spacial score (nSPS) is 31.3. The maximum atomic E-state index is 11.3. The van der Waals surface area contributed by atoms with Crippen LogP contribution < -0.4 is 5.73 Å². The fraction of sp³-hybridized carbons (Fsp3) is 0.667. The number of hydrogen-bond acceptors (Lipinski definition) is 9. The van der Waals surface area contributed by atoms with Crippen molar-refractivity contribution in [1.29, 1.82) is 0 Å². The Morgan fingerprint density at radius 2 is 2.04 bits per heavy atom. The molecule has 2 aromatic heterocycles. The van der Waals surface area contributed by atoms with Crippen molar-refractivity contribution in [2.45, 2.75) is 69.4 Å². The molecule has 0 bridgehead atoms. The lowest BCUT2D eigenvalue weighted by molar-refractivity contribution is -0.233. The smallest absolute Gasteiger partial charge is 0.302 e. The average Bonchev–Trinajstić information content (AvgIpc) is 3.34. The summed E-state index contributed by atoms with van der Waals surface area (Å²) < 4.78 is 26.1. The highest BCUT2D eigenvalue weighted by Crippen LogP contribution is 2.48. The average molecular weight is 389 g/mol. The minimum atomic E-state index is -0.589. The zero-order valence-corrected chi connectivity index (χ0v) is 15.6. The van der Waals surface area contributed by atoms with Gasteiger partial charge in [-0.05, 0) is 12.8 Å². The van der Waals surface area contributed by atoms with E-state index in [9.17, 15) is 4.79 Å². The third-order valence-corrected chi connectivity index (χ3v) is 5.71. The van der Waals surface area contributed by atoms with Crippen LogP contribution >= 0.6 is 0 Å². The van der Waals surface area contributed by atoms with Gasteiger partial charge in [0.1, 0.15) is 36.8 Å². The second kappa shape index (κ2) is 6.64. The number of anilines is 1. The van der Waals surface area contributed by atoms with E-state index in [1.165, 1.54) is 19.7 Å². The molecule has 0 amide bonds. The first kappa shape index (κ1) is 17.8. The first-order chi connectivity index (χ1) is 13.6. The van der Waals surface area contributed by atoms with Gasteiger partial charge in [0.25, 0.3) is 0 Å². The Morgan fingerprint density at radius 1 is 1.25 bits per heavy atom. The molecule has 0 unspecified atom stereocenters. The van der Waals surface area contributed by atoms with Crippen molar-refractivity contribution in [3.63, 3.8) is 0 Å². The van der Waals surface area contributed by atoms with Gasteiger partial charge in [0.15, 0.2) is 23.5 Å². The van der Waals surface area contributed by atoms with E-state index >= 15 is 0 Å². The van der Waals surface area contributed by atoms with Gasteiger partial charge in [0.2, 0.25) is 0 Å². The Kier molecular flexibility index (Phi) is 4.22. The molecule has 1 spiro atoms. The Hall–Kier alpha value is -2.30. The molecule has 10 nitrogen and oxygen atoms in total. The molecule has 1 saturated carbocycles. The number of aromatic nitrogens is 4. The number of nitrogens with two attached hydrogens (primary N) is 1. The van der Waals surface area contributed by atoms with E-state index < -0.39 is 18.1 Å². The van der Waals surface area contributed by atoms with Crippen LogP contribution in [-0.2, 0) is 23.7 Å². The van der Waals surface area contributed by atoms with Gasteiger partial charge < -0.3 is 24.7 Å². The van der Waals surface area contributed by atoms with E-state index in [-0.39, 0.29) is 24.8 Å². The summed E-state index contributed by atoms with van der Waals surface area (Å²) in [6.45, 7) is 1.48. The van der Waals surface area contributed by atoms with Gasteiger partial charge >= 0.3 is 5.97 Å². The van der Waals surface area contributed by atoms with Crippen LogP contribution in [0.5, 0.6) is 0 Å². The summed E-state index contributed by atoms with van der Waals surface area (Å²) >= 11 is 0. The summed E-state index contributed by atoms with van der Waals surface area (Å²) in [5, 5.41) is 0. The second-order valence-electron chi connectivity index (χ2n) is 7.59. The third kappa shape index (κ3) is 2.83. The lowest BCUT2D eigenvalue weighted by atomic mass is 9.94. The van der Waals surface area contributed by atoms with Gasteiger partial charge in [0, 0.05) is 19.8 Å². The van der Waals surface area contributed by atoms with Crippen LogP contribution in [0.1, 0.15) is 45.3 Å². The summed E-state index contributed by atoms with van der Waals surface area (Å²) in [4.78, 5) is 23.9. The molecule has 5 rings (SSSR count). The van der Waals surface area contributed by atoms with Crippen LogP contribution in [0.15, 0.2) is 12.7 Å². The van der Waals surface area contributed by atoms with Crippen LogP contribution in [0.25, 0.3) is 11.2 Å². The van der Waals surface area contributed by atoms with E-state index in [1.807, 2.05) is 0 Å². The molecule has 1 aliphatic carbocycles. The van der Waals surface area contributed by atoms with Crippen LogP contribution in [0.3, 0.4) is 0 Å². The molecule has 3 fully saturated rings. The predicted octanol–water partition coefficient (Wildman–Crippen LogP) is 1.31. The minimum Gasteiger partial charge on any atom is -0.463 e. The van der Waals surface area contributed by atoms with Crippen molar-refractivity contribution in [2.24, 2.45) is 0 Å². The maximum absolute atomic E-state index is 11.3. The molecule has 3 aliphatic rings. The zero-order valence-electron chi connectivity index (χ0n) is 15.6. The number of imidazole rings is 1. The Bertz CT molecular complexity index is 896. The number of hydrogen-bond donors (Lipinski definition) is 1. The van der Waals surface area contributed by atoms with Gasteiger partial charge in [-0.1, -0.05) is 6.42 Å². The Morgan fingerprint density at radius 3 is 2.82 bits per heavy atom. The quantitative estimate of drug-likeness (QED) is 0.774. The molecule has 150 valence electrons. The van der Waals surface area contributed by atoms with Crippen molar-refractivity contribution < 1.29 is 23.7 Å². The number of carbonyl (C=O) groups is 1. The highest BCUT2D eigenvalue weighted by atomic mass is 16.8. The monoisotopic (exact) mass is 389 g/mol. The molecule has 2 N–H and O–H groups in total. The number of nitrogen functional groups attached to an aromatic ring is 1. The number of esters is 1. The number of rotatable bonds is 3. The van der Waals surface area contributed by atoms with Crippen molar-refractivity contribution in [1.82, 2.24) is 19.5 Å². The number of carbonyl (C=O) groups excluding carboxylic acids is 1. The fourth-order valence-electron chi connectivity index (χ4n) is 4.44. The first-order valence-corrected chi connectivity index (χ1v) is 9.64. The topological polar surface area (TPSA) is 124 Å². The fourth-order valence-corrected chi connectivity index (χ4v) is 4.44. The highest BCUT2D eigenvalue weighted by Gasteiger charge is 2.59. The summed E-state index contributed by atoms with van der Waals surface area (Å²) in [5.74, 6) is -0.639. The molecule has 4 heterocycles. The van der Waals surface area contributed by atoms with Gasteiger partial charge in [-0.15, -0.1) is 0 Å². The van der Waals surface area contributed by atoms with Crippen LogP contribution in [0, 0.1) is 0 Å². The van der Waals surface area contributed by atoms with Crippen LogP contribution in [0.2, 0.25) is 0 Å². The molecule has 2 aliphatic heterocycles. The second-order valence-corrected chi connectivity index (χ2v) is 7.59. The van der Waals surface area contributed by atoms with Gasteiger partial charge in [-0.25, -0.2) is 15.0 Å². The molecule has 2 saturated heterocycles. The standard InChI is InChI=1S/C18H23N5O5/c1-10(24)25-7-11-13-14(28-18(27-13)5-3-2-4-6-18)17(26-11)23-9-22-12-15(19)20-8-21-16(12)23/h8-9,11,13-14,17H,2-7H2,1H3,(H2,19,20,21)/t11-,13-,14-,17-/m1/s1. The summed E-state index contributed by atoms with van der Waals surface area (Å²) in [6.07, 6.45) is 6.42. The minimum absolute atomic E-state index is 0.107. The van der Waals surface area contributed by atoms with Crippen molar-refractivity contribution in [3.8, 4) is 0 Å². The third-order valence-electron chi connectivity index (χ3n) is 5.71. The van der Waals surface area contributed by atoms with E-state index in [1.54, 1.807) is 10.9 Å². The van der Waals surface area contributed by atoms with E-state index in [4.69, 9.17) is 24.7 Å². The lowest BCUT2D eigenvalue weighted by Gasteiger charge is -2.34. The zero-order chi connectivity index (χ0) is 19.3. The Labute approximate surface area is 161 Å². The van der Waals surface area contributed by atoms with Crippen LogP contribution in [-0.4, -0.2) is 56.2 Å². The molecule has 28 heavy (non-hydrogen) atoms. The van der Waals surface area contributed by atoms with E-state index in [0.29, 0.717) is 17.0 Å². The molecule has 4 atom stereocenters. The molecule has 0 aromatic carbocycles. The molecule has 2 aromatic rings. The Balaban J connectivity index is 1.48. The lowest BCUT2D eigenvalue weighted by Crippen LogP contribution is -2.37. The summed E-state index contributed by atoms with van der Waals surface area (Å²) in [7, 11) is 0. The summed E-state index contributed by atoms with van der Waals surface area (Å²) in [5.41, 5.74) is 6.99. The molecule has 0 radical (unpaired) electrons. The van der Waals surface area contributed by atoms with Gasteiger partial charge in [-0.2, -0.15) is 0 Å². The number of fused-ring (bicyclic) bond motifs is 2. The maximum Gasteiger partial charge on any atom is 0.302 e. The van der Waals surface area contributed by atoms with Crippen molar-refractivity contribution in [3.05, 3.63) is 12.7 Å². The highest BCUT2D eigenvalue weighted by molar-refractivity contribution is 5.81. The van der Waals surface area contributed by atoms with E-state index in [0.717, 1.165) is 25.7 Å². The van der Waals surface area contributed by atoms with E-state index in [2.05, 4.69) is 15.0 Å². The van der Waals surface area contributed by atoms with Crippen molar-refractivity contribution >= 4 is 23.0 Å². The SMILES string of the molecule is CC(=O)OC[C@H]1O[C@@H](n2cnc3c(N)ncnc32)[C@@H]2OC3(CCCCC3)O[C@@H]21. The molecular formula is C18H23N5O5. The molecule has 10 heteroatoms. The van der Waals surface area contributed by atoms with Gasteiger partial charge in [0.05, 0.1) is 6.33 Å². The number of nitrogens with zero attached hydrogens (tertiary/aromatic N) is 4. The van der Waals surface area contributed by atoms with Gasteiger partial charge in [-0.3, -0.25) is 9.36 Å². The first-order valence-electron chi connectivity index (χ1n) is 9.64. The van der Waals surface area contributed by atoms with Crippen molar-refractivity contribution in [2.75, 3.05) is 12.3 Å². The largest absolute Gasteiger partial charge is 0.463 e.